The van der Waals surface area contributed by atoms with Crippen LogP contribution < -0.4 is 0 Å². The number of hydrogen-bond donors (Lipinski definition) is 4. The molecule has 66 valence electrons. The zero-order valence-electron chi connectivity index (χ0n) is 5.92. The summed E-state index contributed by atoms with van der Waals surface area (Å²) in [6, 6.07) is 0. The SMILES string of the molecule is O=CC[C@H](O)[C@H](O)[C@H](O)CO. The number of hydrogen-bond acceptors (Lipinski definition) is 5. The van der Waals surface area contributed by atoms with Gasteiger partial charge in [-0.05, 0) is 0 Å². The first-order chi connectivity index (χ1) is 5.13. The summed E-state index contributed by atoms with van der Waals surface area (Å²) >= 11 is 0. The average Bonchev–Trinajstić information content (AvgIpc) is 2.02. The van der Waals surface area contributed by atoms with E-state index in [1.54, 1.807) is 0 Å². The van der Waals surface area contributed by atoms with E-state index in [1.807, 2.05) is 0 Å². The fourth-order valence-corrected chi connectivity index (χ4v) is 0.602. The second-order valence-corrected chi connectivity index (χ2v) is 2.21. The zero-order valence-corrected chi connectivity index (χ0v) is 5.92. The van der Waals surface area contributed by atoms with Gasteiger partial charge in [0.25, 0.3) is 0 Å². The third-order valence-electron chi connectivity index (χ3n) is 1.31. The van der Waals surface area contributed by atoms with Gasteiger partial charge in [0.15, 0.2) is 0 Å². The number of aliphatic hydroxyl groups excluding tert-OH is 4. The molecule has 0 fully saturated rings. The Balaban J connectivity index is 3.79. The Morgan fingerprint density at radius 3 is 2.09 bits per heavy atom. The summed E-state index contributed by atoms with van der Waals surface area (Å²) in [6.07, 6.45) is -4.00. The van der Waals surface area contributed by atoms with Crippen LogP contribution >= 0.6 is 0 Å². The molecule has 0 amide bonds. The molecule has 0 bridgehead atoms. The Morgan fingerprint density at radius 2 is 1.73 bits per heavy atom. The summed E-state index contributed by atoms with van der Waals surface area (Å²) in [5.41, 5.74) is 0. The first kappa shape index (κ1) is 10.5. The van der Waals surface area contributed by atoms with Crippen LogP contribution in [-0.2, 0) is 4.79 Å². The molecule has 0 unspecified atom stereocenters. The minimum Gasteiger partial charge on any atom is -0.394 e. The zero-order chi connectivity index (χ0) is 8.85. The van der Waals surface area contributed by atoms with Crippen LogP contribution in [0.4, 0.5) is 0 Å². The van der Waals surface area contributed by atoms with Gasteiger partial charge >= 0.3 is 0 Å². The van der Waals surface area contributed by atoms with Crippen molar-refractivity contribution >= 4 is 6.29 Å². The summed E-state index contributed by atoms with van der Waals surface area (Å²) in [7, 11) is 0. The number of rotatable bonds is 5. The van der Waals surface area contributed by atoms with E-state index in [4.69, 9.17) is 20.4 Å². The largest absolute Gasteiger partial charge is 0.394 e. The number of carbonyl (C=O) groups is 1. The van der Waals surface area contributed by atoms with Crippen molar-refractivity contribution in [3.05, 3.63) is 0 Å². The van der Waals surface area contributed by atoms with E-state index in [0.717, 1.165) is 0 Å². The monoisotopic (exact) mass is 164 g/mol. The van der Waals surface area contributed by atoms with Crippen molar-refractivity contribution in [1.29, 1.82) is 0 Å². The van der Waals surface area contributed by atoms with Gasteiger partial charge in [0, 0.05) is 6.42 Å². The van der Waals surface area contributed by atoms with E-state index < -0.39 is 24.9 Å². The van der Waals surface area contributed by atoms with Crippen molar-refractivity contribution in [2.45, 2.75) is 24.7 Å². The minimum atomic E-state index is -1.47. The quantitative estimate of drug-likeness (QED) is 0.341. The molecular formula is C6H12O5. The predicted octanol–water partition coefficient (Wildman–Crippen LogP) is -2.35. The maximum Gasteiger partial charge on any atom is 0.122 e. The average molecular weight is 164 g/mol. The molecule has 0 aliphatic rings. The highest BCUT2D eigenvalue weighted by Gasteiger charge is 2.23. The summed E-state index contributed by atoms with van der Waals surface area (Å²) in [4.78, 5) is 9.82. The van der Waals surface area contributed by atoms with E-state index in [-0.39, 0.29) is 6.42 Å². The Hall–Kier alpha value is -0.490. The van der Waals surface area contributed by atoms with Crippen molar-refractivity contribution in [3.8, 4) is 0 Å². The van der Waals surface area contributed by atoms with Crippen molar-refractivity contribution in [2.75, 3.05) is 6.61 Å². The minimum absolute atomic E-state index is 0.252. The molecule has 0 saturated carbocycles. The van der Waals surface area contributed by atoms with E-state index >= 15 is 0 Å². The molecule has 5 heteroatoms. The molecule has 0 radical (unpaired) electrons. The van der Waals surface area contributed by atoms with E-state index in [9.17, 15) is 4.79 Å². The van der Waals surface area contributed by atoms with Crippen LogP contribution in [-0.4, -0.2) is 51.6 Å². The maximum atomic E-state index is 9.82. The third-order valence-corrected chi connectivity index (χ3v) is 1.31. The third kappa shape index (κ3) is 3.43. The molecule has 11 heavy (non-hydrogen) atoms. The standard InChI is InChI=1S/C6H12O5/c7-2-1-4(9)6(11)5(10)3-8/h2,4-6,8-11H,1,3H2/t4-,5+,6-/m0/s1. The maximum absolute atomic E-state index is 9.82. The highest BCUT2D eigenvalue weighted by Crippen LogP contribution is 2.01. The second kappa shape index (κ2) is 5.20. The number of carbonyl (C=O) groups excluding carboxylic acids is 1. The summed E-state index contributed by atoms with van der Waals surface area (Å²) in [6.45, 7) is -0.642. The summed E-state index contributed by atoms with van der Waals surface area (Å²) < 4.78 is 0. The lowest BCUT2D eigenvalue weighted by Crippen LogP contribution is -2.39. The van der Waals surface area contributed by atoms with Gasteiger partial charge in [0.2, 0.25) is 0 Å². The summed E-state index contributed by atoms with van der Waals surface area (Å²) in [5.74, 6) is 0. The van der Waals surface area contributed by atoms with Crippen LogP contribution in [0.3, 0.4) is 0 Å². The van der Waals surface area contributed by atoms with Crippen LogP contribution in [0.15, 0.2) is 0 Å². The molecule has 0 aromatic rings. The van der Waals surface area contributed by atoms with Crippen LogP contribution in [0, 0.1) is 0 Å². The van der Waals surface area contributed by atoms with Crippen molar-refractivity contribution in [2.24, 2.45) is 0 Å². The number of aliphatic hydroxyl groups is 4. The molecule has 4 N–H and O–H groups in total. The lowest BCUT2D eigenvalue weighted by molar-refractivity contribution is -0.115. The highest BCUT2D eigenvalue weighted by molar-refractivity contribution is 5.50. The fraction of sp³-hybridized carbons (Fsp3) is 0.833. The first-order valence-corrected chi connectivity index (χ1v) is 3.22. The molecule has 0 aromatic heterocycles. The Labute approximate surface area is 63.9 Å². The van der Waals surface area contributed by atoms with E-state index in [1.165, 1.54) is 0 Å². The van der Waals surface area contributed by atoms with Gasteiger partial charge in [-0.1, -0.05) is 0 Å². The van der Waals surface area contributed by atoms with Gasteiger partial charge in [0.1, 0.15) is 18.5 Å². The molecule has 3 atom stereocenters. The Bertz CT molecular complexity index is 116. The second-order valence-electron chi connectivity index (χ2n) is 2.21. The Morgan fingerprint density at radius 1 is 1.18 bits per heavy atom. The molecule has 0 rings (SSSR count). The van der Waals surface area contributed by atoms with Crippen molar-refractivity contribution < 1.29 is 25.2 Å². The predicted molar refractivity (Wildman–Crippen MR) is 35.8 cm³/mol. The fourth-order valence-electron chi connectivity index (χ4n) is 0.602. The van der Waals surface area contributed by atoms with Gasteiger partial charge in [-0.15, -0.1) is 0 Å². The molecule has 0 aromatic carbocycles. The molecule has 0 saturated heterocycles. The Kier molecular flexibility index (Phi) is 4.97. The molecule has 0 aliphatic carbocycles. The first-order valence-electron chi connectivity index (χ1n) is 3.22. The molecule has 5 nitrogen and oxygen atoms in total. The molecule has 0 aliphatic heterocycles. The molecule has 0 heterocycles. The van der Waals surface area contributed by atoms with E-state index in [0.29, 0.717) is 6.29 Å². The van der Waals surface area contributed by atoms with Crippen molar-refractivity contribution in [3.63, 3.8) is 0 Å². The lowest BCUT2D eigenvalue weighted by atomic mass is 10.1. The topological polar surface area (TPSA) is 98.0 Å². The highest BCUT2D eigenvalue weighted by atomic mass is 16.4. The smallest absolute Gasteiger partial charge is 0.122 e. The van der Waals surface area contributed by atoms with Gasteiger partial charge in [-0.25, -0.2) is 0 Å². The van der Waals surface area contributed by atoms with E-state index in [2.05, 4.69) is 0 Å². The van der Waals surface area contributed by atoms with Gasteiger partial charge in [0.05, 0.1) is 12.7 Å². The number of aldehydes is 1. The van der Waals surface area contributed by atoms with Gasteiger partial charge in [-0.3, -0.25) is 0 Å². The van der Waals surface area contributed by atoms with Crippen LogP contribution in [0.25, 0.3) is 0 Å². The van der Waals surface area contributed by atoms with Gasteiger partial charge in [-0.2, -0.15) is 0 Å². The molecular weight excluding hydrogens is 152 g/mol. The van der Waals surface area contributed by atoms with Crippen molar-refractivity contribution in [1.82, 2.24) is 0 Å². The summed E-state index contributed by atoms with van der Waals surface area (Å²) in [5, 5.41) is 34.8. The van der Waals surface area contributed by atoms with Crippen LogP contribution in [0.5, 0.6) is 0 Å². The van der Waals surface area contributed by atoms with Gasteiger partial charge < -0.3 is 25.2 Å². The van der Waals surface area contributed by atoms with Crippen LogP contribution in [0.1, 0.15) is 6.42 Å². The lowest BCUT2D eigenvalue weighted by Gasteiger charge is -2.19. The normalized spacial score (nSPS) is 18.9. The van der Waals surface area contributed by atoms with Crippen LogP contribution in [0.2, 0.25) is 0 Å². The molecule has 0 spiro atoms.